The number of allylic oxidation sites excluding steroid dienone is 1. The van der Waals surface area contributed by atoms with Crippen molar-refractivity contribution in [2.75, 3.05) is 0 Å². The second-order valence-corrected chi connectivity index (χ2v) is 7.42. The van der Waals surface area contributed by atoms with E-state index in [1.807, 2.05) is 24.3 Å². The van der Waals surface area contributed by atoms with Crippen molar-refractivity contribution in [1.29, 1.82) is 0 Å². The number of halogens is 2. The van der Waals surface area contributed by atoms with Gasteiger partial charge in [0.05, 0.1) is 5.56 Å². The lowest BCUT2D eigenvalue weighted by Crippen LogP contribution is -2.09. The fourth-order valence-corrected chi connectivity index (χ4v) is 3.06. The summed E-state index contributed by atoms with van der Waals surface area (Å²) in [6, 6.07) is 21.2. The first-order valence-electron chi connectivity index (χ1n) is 8.08. The van der Waals surface area contributed by atoms with Crippen molar-refractivity contribution < 1.29 is 14.3 Å². The Labute approximate surface area is 173 Å². The van der Waals surface area contributed by atoms with E-state index in [4.69, 9.17) is 4.74 Å². The van der Waals surface area contributed by atoms with Gasteiger partial charge in [0.15, 0.2) is 5.78 Å². The zero-order chi connectivity index (χ0) is 19.2. The van der Waals surface area contributed by atoms with Crippen LogP contribution in [-0.4, -0.2) is 11.8 Å². The molecule has 0 N–H and O–H groups in total. The molecule has 0 radical (unpaired) electrons. The standard InChI is InChI=1S/C22H14Br2O3/c23-17-11-9-16(10-12-17)21(25)13-8-15-4-3-5-18(14-15)27-22(26)19-6-1-2-7-20(19)24/h1-14H/b13-8+. The van der Waals surface area contributed by atoms with Gasteiger partial charge in [0, 0.05) is 14.5 Å². The Kier molecular flexibility index (Phi) is 6.37. The van der Waals surface area contributed by atoms with Crippen molar-refractivity contribution in [3.05, 3.63) is 105 Å². The minimum absolute atomic E-state index is 0.0990. The molecule has 3 aromatic rings. The van der Waals surface area contributed by atoms with E-state index < -0.39 is 5.97 Å². The molecule has 3 nitrogen and oxygen atoms in total. The molecule has 0 aliphatic carbocycles. The summed E-state index contributed by atoms with van der Waals surface area (Å²) in [5.41, 5.74) is 1.81. The van der Waals surface area contributed by atoms with Crippen molar-refractivity contribution in [3.8, 4) is 5.75 Å². The third-order valence-corrected chi connectivity index (χ3v) is 4.94. The van der Waals surface area contributed by atoms with Crippen molar-refractivity contribution in [1.82, 2.24) is 0 Å². The lowest BCUT2D eigenvalue weighted by Gasteiger charge is -2.06. The first-order valence-corrected chi connectivity index (χ1v) is 9.66. The second kappa shape index (κ2) is 8.93. The molecule has 0 saturated heterocycles. The van der Waals surface area contributed by atoms with Crippen LogP contribution < -0.4 is 4.74 Å². The molecule has 3 aromatic carbocycles. The molecule has 0 aromatic heterocycles. The molecule has 0 unspecified atom stereocenters. The quantitative estimate of drug-likeness (QED) is 0.183. The van der Waals surface area contributed by atoms with Crippen molar-refractivity contribution in [3.63, 3.8) is 0 Å². The van der Waals surface area contributed by atoms with E-state index in [0.717, 1.165) is 10.0 Å². The van der Waals surface area contributed by atoms with Gasteiger partial charge in [0.25, 0.3) is 0 Å². The van der Waals surface area contributed by atoms with E-state index in [-0.39, 0.29) is 5.78 Å². The van der Waals surface area contributed by atoms with Gasteiger partial charge in [-0.3, -0.25) is 4.79 Å². The van der Waals surface area contributed by atoms with Crippen LogP contribution in [0.1, 0.15) is 26.3 Å². The molecule has 134 valence electrons. The minimum atomic E-state index is -0.449. The molecular formula is C22H14Br2O3. The largest absolute Gasteiger partial charge is 0.423 e. The molecule has 5 heteroatoms. The summed E-state index contributed by atoms with van der Waals surface area (Å²) >= 11 is 6.69. The maximum absolute atomic E-state index is 12.3. The number of ether oxygens (including phenoxy) is 1. The van der Waals surface area contributed by atoms with Gasteiger partial charge in [-0.1, -0.05) is 46.3 Å². The molecule has 0 spiro atoms. The fraction of sp³-hybridized carbons (Fsp3) is 0. The summed E-state index contributed by atoms with van der Waals surface area (Å²) in [6.45, 7) is 0. The Morgan fingerprint density at radius 1 is 0.852 bits per heavy atom. The van der Waals surface area contributed by atoms with Crippen molar-refractivity contribution in [2.24, 2.45) is 0 Å². The van der Waals surface area contributed by atoms with E-state index in [1.54, 1.807) is 54.6 Å². The molecule has 0 aliphatic heterocycles. The maximum atomic E-state index is 12.3. The van der Waals surface area contributed by atoms with Gasteiger partial charge < -0.3 is 4.74 Å². The third kappa shape index (κ3) is 5.25. The Morgan fingerprint density at radius 3 is 2.33 bits per heavy atom. The van der Waals surface area contributed by atoms with E-state index in [2.05, 4.69) is 31.9 Å². The number of carbonyl (C=O) groups is 2. The first-order chi connectivity index (χ1) is 13.0. The summed E-state index contributed by atoms with van der Waals surface area (Å²) in [7, 11) is 0. The number of hydrogen-bond donors (Lipinski definition) is 0. The van der Waals surface area contributed by atoms with E-state index >= 15 is 0 Å². The van der Waals surface area contributed by atoms with Crippen LogP contribution in [0.25, 0.3) is 6.08 Å². The highest BCUT2D eigenvalue weighted by Gasteiger charge is 2.11. The Morgan fingerprint density at radius 2 is 1.59 bits per heavy atom. The zero-order valence-electron chi connectivity index (χ0n) is 14.1. The van der Waals surface area contributed by atoms with Crippen LogP contribution in [0, 0.1) is 0 Å². The number of hydrogen-bond acceptors (Lipinski definition) is 3. The van der Waals surface area contributed by atoms with Crippen LogP contribution >= 0.6 is 31.9 Å². The number of esters is 1. The number of rotatable bonds is 5. The summed E-state index contributed by atoms with van der Waals surface area (Å²) < 4.78 is 7.03. The number of benzene rings is 3. The van der Waals surface area contributed by atoms with Crippen LogP contribution in [-0.2, 0) is 0 Å². The zero-order valence-corrected chi connectivity index (χ0v) is 17.2. The van der Waals surface area contributed by atoms with Gasteiger partial charge in [-0.25, -0.2) is 4.79 Å². The third-order valence-electron chi connectivity index (χ3n) is 3.72. The van der Waals surface area contributed by atoms with E-state index in [1.165, 1.54) is 6.08 Å². The van der Waals surface area contributed by atoms with Crippen LogP contribution in [0.2, 0.25) is 0 Å². The highest BCUT2D eigenvalue weighted by Crippen LogP contribution is 2.20. The molecule has 0 atom stereocenters. The lowest BCUT2D eigenvalue weighted by molar-refractivity contribution is 0.0733. The summed E-state index contributed by atoms with van der Waals surface area (Å²) in [6.07, 6.45) is 3.19. The fourth-order valence-electron chi connectivity index (χ4n) is 2.35. The average molecular weight is 486 g/mol. The van der Waals surface area contributed by atoms with E-state index in [9.17, 15) is 9.59 Å². The maximum Gasteiger partial charge on any atom is 0.344 e. The Balaban J connectivity index is 1.72. The molecule has 0 amide bonds. The predicted octanol–water partition coefficient (Wildman–Crippen LogP) is 6.33. The molecule has 0 bridgehead atoms. The summed E-state index contributed by atoms with van der Waals surface area (Å²) in [5, 5.41) is 0. The number of carbonyl (C=O) groups excluding carboxylic acids is 2. The van der Waals surface area contributed by atoms with Gasteiger partial charge >= 0.3 is 5.97 Å². The predicted molar refractivity (Wildman–Crippen MR) is 113 cm³/mol. The van der Waals surface area contributed by atoms with Crippen molar-refractivity contribution in [2.45, 2.75) is 0 Å². The SMILES string of the molecule is O=C(/C=C/c1cccc(OC(=O)c2ccccc2Br)c1)c1ccc(Br)cc1. The molecular weight excluding hydrogens is 472 g/mol. The second-order valence-electron chi connectivity index (χ2n) is 5.65. The number of ketones is 1. The van der Waals surface area contributed by atoms with Crippen LogP contribution in [0.15, 0.2) is 87.8 Å². The lowest BCUT2D eigenvalue weighted by atomic mass is 10.1. The van der Waals surface area contributed by atoms with Crippen molar-refractivity contribution >= 4 is 49.7 Å². The molecule has 0 heterocycles. The van der Waals surface area contributed by atoms with Gasteiger partial charge in [0.2, 0.25) is 0 Å². The molecule has 0 fully saturated rings. The normalized spacial score (nSPS) is 10.7. The van der Waals surface area contributed by atoms with Gasteiger partial charge in [-0.2, -0.15) is 0 Å². The minimum Gasteiger partial charge on any atom is -0.423 e. The average Bonchev–Trinajstić information content (AvgIpc) is 2.67. The monoisotopic (exact) mass is 484 g/mol. The Hall–Kier alpha value is -2.50. The van der Waals surface area contributed by atoms with E-state index in [0.29, 0.717) is 21.3 Å². The van der Waals surface area contributed by atoms with Crippen LogP contribution in [0.5, 0.6) is 5.75 Å². The van der Waals surface area contributed by atoms with Gasteiger partial charge in [-0.05, 0) is 76.1 Å². The molecule has 27 heavy (non-hydrogen) atoms. The van der Waals surface area contributed by atoms with Crippen LogP contribution in [0.3, 0.4) is 0 Å². The molecule has 0 saturated carbocycles. The van der Waals surface area contributed by atoms with Crippen LogP contribution in [0.4, 0.5) is 0 Å². The summed E-state index contributed by atoms with van der Waals surface area (Å²) in [4.78, 5) is 24.5. The molecule has 0 aliphatic rings. The smallest absolute Gasteiger partial charge is 0.344 e. The highest BCUT2D eigenvalue weighted by atomic mass is 79.9. The first kappa shape index (κ1) is 19.3. The van der Waals surface area contributed by atoms with Gasteiger partial charge in [0.1, 0.15) is 5.75 Å². The Bertz CT molecular complexity index is 1010. The van der Waals surface area contributed by atoms with Gasteiger partial charge in [-0.15, -0.1) is 0 Å². The highest BCUT2D eigenvalue weighted by molar-refractivity contribution is 9.10. The topological polar surface area (TPSA) is 43.4 Å². The molecule has 3 rings (SSSR count). The summed E-state index contributed by atoms with van der Waals surface area (Å²) in [5.74, 6) is -0.137.